The van der Waals surface area contributed by atoms with Crippen molar-refractivity contribution in [2.24, 2.45) is 5.73 Å². The smallest absolute Gasteiger partial charge is 0.222 e. The number of hydrogen-bond donors (Lipinski definition) is 1. The number of hydrogen-bond acceptors (Lipinski definition) is 4. The van der Waals surface area contributed by atoms with Crippen LogP contribution in [0.2, 0.25) is 0 Å². The first-order chi connectivity index (χ1) is 9.58. The van der Waals surface area contributed by atoms with Gasteiger partial charge in [-0.1, -0.05) is 6.07 Å². The molecule has 1 aromatic rings. The molecule has 0 heterocycles. The maximum atomic E-state index is 11.4. The van der Waals surface area contributed by atoms with E-state index in [1.165, 1.54) is 0 Å². The van der Waals surface area contributed by atoms with Crippen molar-refractivity contribution in [1.29, 1.82) is 0 Å². The number of carbonyl (C=O) groups excluding carboxylic acids is 1. The van der Waals surface area contributed by atoms with Gasteiger partial charge in [-0.2, -0.15) is 0 Å². The second-order valence-electron chi connectivity index (χ2n) is 4.66. The number of amides is 1. The minimum absolute atomic E-state index is 0.108. The molecule has 1 rings (SSSR count). The Morgan fingerprint density at radius 1 is 1.25 bits per heavy atom. The zero-order valence-electron chi connectivity index (χ0n) is 12.5. The van der Waals surface area contributed by atoms with E-state index in [0.717, 1.165) is 5.56 Å². The van der Waals surface area contributed by atoms with Crippen molar-refractivity contribution < 1.29 is 14.3 Å². The lowest BCUT2D eigenvalue weighted by Crippen LogP contribution is -2.21. The zero-order valence-corrected chi connectivity index (χ0v) is 12.5. The summed E-state index contributed by atoms with van der Waals surface area (Å²) in [5.74, 6) is 1.51. The third-order valence-electron chi connectivity index (χ3n) is 2.84. The van der Waals surface area contributed by atoms with Crippen molar-refractivity contribution >= 4 is 5.91 Å². The molecule has 5 nitrogen and oxygen atoms in total. The van der Waals surface area contributed by atoms with E-state index in [0.29, 0.717) is 44.1 Å². The van der Waals surface area contributed by atoms with Crippen LogP contribution in [-0.4, -0.2) is 38.1 Å². The van der Waals surface area contributed by atoms with Crippen LogP contribution < -0.4 is 15.2 Å². The predicted octanol–water partition coefficient (Wildman–Crippen LogP) is 1.79. The van der Waals surface area contributed by atoms with Gasteiger partial charge < -0.3 is 20.1 Å². The van der Waals surface area contributed by atoms with Gasteiger partial charge >= 0.3 is 0 Å². The number of nitrogens with zero attached hydrogens (tertiary/aromatic N) is 1. The lowest BCUT2D eigenvalue weighted by Gasteiger charge is -2.14. The number of nitrogens with two attached hydrogens (primary N) is 1. The van der Waals surface area contributed by atoms with E-state index in [9.17, 15) is 4.79 Å². The summed E-state index contributed by atoms with van der Waals surface area (Å²) in [7, 11) is 3.50. The molecule has 20 heavy (non-hydrogen) atoms. The Labute approximate surface area is 120 Å². The second kappa shape index (κ2) is 8.43. The third-order valence-corrected chi connectivity index (χ3v) is 2.84. The van der Waals surface area contributed by atoms with Crippen molar-refractivity contribution in [1.82, 2.24) is 4.90 Å². The average molecular weight is 280 g/mol. The number of carbonyl (C=O) groups is 1. The van der Waals surface area contributed by atoms with Crippen LogP contribution in [-0.2, 0) is 11.3 Å². The van der Waals surface area contributed by atoms with E-state index >= 15 is 0 Å². The molecule has 0 radical (unpaired) electrons. The zero-order chi connectivity index (χ0) is 15.0. The quantitative estimate of drug-likeness (QED) is 0.737. The molecule has 5 heteroatoms. The molecule has 0 saturated heterocycles. The van der Waals surface area contributed by atoms with Crippen LogP contribution in [0.15, 0.2) is 18.2 Å². The van der Waals surface area contributed by atoms with Crippen LogP contribution >= 0.6 is 0 Å². The lowest BCUT2D eigenvalue weighted by atomic mass is 10.2. The maximum absolute atomic E-state index is 11.4. The predicted molar refractivity (Wildman–Crippen MR) is 78.9 cm³/mol. The number of benzene rings is 1. The first-order valence-corrected chi connectivity index (χ1v) is 6.87. The summed E-state index contributed by atoms with van der Waals surface area (Å²) in [6.07, 6.45) is 1.17. The van der Waals surface area contributed by atoms with Crippen LogP contribution in [0.3, 0.4) is 0 Å². The van der Waals surface area contributed by atoms with Gasteiger partial charge in [-0.25, -0.2) is 0 Å². The van der Waals surface area contributed by atoms with Crippen molar-refractivity contribution in [2.75, 3.05) is 27.3 Å². The molecule has 1 amide bonds. The summed E-state index contributed by atoms with van der Waals surface area (Å²) >= 11 is 0. The molecule has 1 aromatic carbocycles. The highest BCUT2D eigenvalue weighted by molar-refractivity contribution is 5.75. The van der Waals surface area contributed by atoms with Gasteiger partial charge in [0, 0.05) is 27.1 Å². The van der Waals surface area contributed by atoms with Crippen molar-refractivity contribution in [2.45, 2.75) is 26.3 Å². The Kier molecular flexibility index (Phi) is 6.87. The largest absolute Gasteiger partial charge is 0.490 e. The van der Waals surface area contributed by atoms with Gasteiger partial charge in [0.15, 0.2) is 11.5 Å². The van der Waals surface area contributed by atoms with Gasteiger partial charge in [0.05, 0.1) is 13.2 Å². The molecule has 0 bridgehead atoms. The van der Waals surface area contributed by atoms with E-state index in [1.807, 2.05) is 25.1 Å². The first kappa shape index (κ1) is 16.3. The Bertz CT molecular complexity index is 433. The molecule has 0 aliphatic carbocycles. The first-order valence-electron chi connectivity index (χ1n) is 6.87. The summed E-state index contributed by atoms with van der Waals surface area (Å²) in [6.45, 7) is 3.46. The summed E-state index contributed by atoms with van der Waals surface area (Å²) in [4.78, 5) is 13.0. The Morgan fingerprint density at radius 3 is 2.60 bits per heavy atom. The van der Waals surface area contributed by atoms with Crippen LogP contribution in [0.5, 0.6) is 11.5 Å². The highest BCUT2D eigenvalue weighted by Gasteiger charge is 2.07. The normalized spacial score (nSPS) is 10.2. The van der Waals surface area contributed by atoms with E-state index in [2.05, 4.69) is 0 Å². The Balaban J connectivity index is 2.52. The van der Waals surface area contributed by atoms with E-state index in [1.54, 1.807) is 19.0 Å². The van der Waals surface area contributed by atoms with Crippen LogP contribution in [0.25, 0.3) is 0 Å². The Morgan fingerprint density at radius 2 is 2.00 bits per heavy atom. The van der Waals surface area contributed by atoms with Crippen molar-refractivity contribution in [3.63, 3.8) is 0 Å². The van der Waals surface area contributed by atoms with E-state index in [4.69, 9.17) is 15.2 Å². The fraction of sp³-hybridized carbons (Fsp3) is 0.533. The van der Waals surface area contributed by atoms with Crippen LogP contribution in [0.1, 0.15) is 25.3 Å². The lowest BCUT2D eigenvalue weighted by molar-refractivity contribution is -0.128. The summed E-state index contributed by atoms with van der Waals surface area (Å²) in [5, 5.41) is 0. The van der Waals surface area contributed by atoms with Gasteiger partial charge in [0.1, 0.15) is 0 Å². The molecule has 0 aromatic heterocycles. The fourth-order valence-corrected chi connectivity index (χ4v) is 1.70. The van der Waals surface area contributed by atoms with Gasteiger partial charge in [-0.05, 0) is 31.0 Å². The van der Waals surface area contributed by atoms with Gasteiger partial charge in [0.25, 0.3) is 0 Å². The molecule has 0 unspecified atom stereocenters. The summed E-state index contributed by atoms with van der Waals surface area (Å²) < 4.78 is 11.2. The molecule has 0 aliphatic heterocycles. The molecule has 0 saturated carbocycles. The van der Waals surface area contributed by atoms with E-state index in [-0.39, 0.29) is 5.91 Å². The maximum Gasteiger partial charge on any atom is 0.222 e. The van der Waals surface area contributed by atoms with Gasteiger partial charge in [-0.3, -0.25) is 4.79 Å². The SMILES string of the molecule is CCOc1cc(CN)ccc1OCCCC(=O)N(C)C. The van der Waals surface area contributed by atoms with Crippen LogP contribution in [0.4, 0.5) is 0 Å². The minimum Gasteiger partial charge on any atom is -0.490 e. The van der Waals surface area contributed by atoms with Crippen molar-refractivity contribution in [3.8, 4) is 11.5 Å². The highest BCUT2D eigenvalue weighted by Crippen LogP contribution is 2.28. The molecular formula is C15H24N2O3. The summed E-state index contributed by atoms with van der Waals surface area (Å²) in [6, 6.07) is 5.67. The monoisotopic (exact) mass is 280 g/mol. The standard InChI is InChI=1S/C15H24N2O3/c1-4-19-14-10-12(11-16)7-8-13(14)20-9-5-6-15(18)17(2)3/h7-8,10H,4-6,9,11,16H2,1-3H3. The molecule has 0 aliphatic rings. The average Bonchev–Trinajstić information content (AvgIpc) is 2.44. The molecular weight excluding hydrogens is 256 g/mol. The molecule has 112 valence electrons. The third kappa shape index (κ3) is 5.09. The summed E-state index contributed by atoms with van der Waals surface area (Å²) in [5.41, 5.74) is 6.61. The number of ether oxygens (including phenoxy) is 2. The topological polar surface area (TPSA) is 64.8 Å². The van der Waals surface area contributed by atoms with Crippen LogP contribution in [0, 0.1) is 0 Å². The molecule has 0 atom stereocenters. The number of rotatable bonds is 8. The Hall–Kier alpha value is -1.75. The second-order valence-corrected chi connectivity index (χ2v) is 4.66. The minimum atomic E-state index is 0.108. The fourth-order valence-electron chi connectivity index (χ4n) is 1.70. The highest BCUT2D eigenvalue weighted by atomic mass is 16.5. The van der Waals surface area contributed by atoms with Crippen molar-refractivity contribution in [3.05, 3.63) is 23.8 Å². The van der Waals surface area contributed by atoms with Gasteiger partial charge in [0.2, 0.25) is 5.91 Å². The molecule has 0 fully saturated rings. The molecule has 2 N–H and O–H groups in total. The molecule has 0 spiro atoms. The van der Waals surface area contributed by atoms with Gasteiger partial charge in [-0.15, -0.1) is 0 Å². The van der Waals surface area contributed by atoms with E-state index < -0.39 is 0 Å².